The van der Waals surface area contributed by atoms with Crippen LogP contribution in [0.25, 0.3) is 0 Å². The zero-order valence-corrected chi connectivity index (χ0v) is 9.14. The lowest BCUT2D eigenvalue weighted by molar-refractivity contribution is -0.118. The van der Waals surface area contributed by atoms with Crippen LogP contribution < -0.4 is 15.7 Å². The van der Waals surface area contributed by atoms with Crippen LogP contribution >= 0.6 is 42.4 Å². The van der Waals surface area contributed by atoms with Gasteiger partial charge in [-0.25, -0.2) is 5.09 Å². The molecule has 0 radical (unpaired) electrons. The number of nitrogens with two attached hydrogens (primary N) is 1. The number of alkyl halides is 3. The second-order valence-corrected chi connectivity index (χ2v) is 6.09. The molecule has 12 heavy (non-hydrogen) atoms. The molecule has 72 valence electrons. The first-order valence-corrected chi connectivity index (χ1v) is 5.57. The molecular formula is C3H7Cl3N3O2P. The Morgan fingerprint density at radius 1 is 1.50 bits per heavy atom. The molecule has 1 unspecified atom stereocenters. The number of carbonyl (C=O) groups excluding carboxylic acids is 1. The van der Waals surface area contributed by atoms with Crippen molar-refractivity contribution in [2.75, 3.05) is 7.05 Å². The average molecular weight is 254 g/mol. The summed E-state index contributed by atoms with van der Waals surface area (Å²) in [6.45, 7) is 0. The predicted molar refractivity (Wildman–Crippen MR) is 49.3 cm³/mol. The topological polar surface area (TPSA) is 84.2 Å². The van der Waals surface area contributed by atoms with E-state index in [9.17, 15) is 9.36 Å². The van der Waals surface area contributed by atoms with E-state index in [-0.39, 0.29) is 0 Å². The van der Waals surface area contributed by atoms with E-state index in [2.05, 4.69) is 5.09 Å². The fourth-order valence-electron chi connectivity index (χ4n) is 0.270. The molecule has 0 aliphatic rings. The monoisotopic (exact) mass is 253 g/mol. The van der Waals surface area contributed by atoms with Crippen molar-refractivity contribution >= 4 is 48.3 Å². The third-order valence-electron chi connectivity index (χ3n) is 0.857. The molecule has 0 spiro atoms. The summed E-state index contributed by atoms with van der Waals surface area (Å²) < 4.78 is 8.84. The molecule has 9 heteroatoms. The lowest BCUT2D eigenvalue weighted by Crippen LogP contribution is -2.37. The van der Waals surface area contributed by atoms with Crippen LogP contribution in [0.3, 0.4) is 0 Å². The van der Waals surface area contributed by atoms with E-state index in [1.165, 1.54) is 7.05 Å². The molecule has 0 heterocycles. The fraction of sp³-hybridized carbons (Fsp3) is 0.667. The second-order valence-electron chi connectivity index (χ2n) is 1.82. The molecular weight excluding hydrogens is 247 g/mol. The van der Waals surface area contributed by atoms with Crippen molar-refractivity contribution in [3.8, 4) is 0 Å². The van der Waals surface area contributed by atoms with E-state index in [0.717, 1.165) is 0 Å². The summed E-state index contributed by atoms with van der Waals surface area (Å²) in [7, 11) is -2.12. The number of nitrogens with one attached hydrogen (secondary N) is 2. The Morgan fingerprint density at radius 3 is 2.17 bits per heavy atom. The Labute approximate surface area is 84.4 Å². The molecule has 5 nitrogen and oxygen atoms in total. The Balaban J connectivity index is 4.30. The third-order valence-corrected chi connectivity index (χ3v) is 2.57. The smallest absolute Gasteiger partial charge is 0.279 e. The van der Waals surface area contributed by atoms with Crippen LogP contribution in [0.15, 0.2) is 0 Å². The molecule has 0 aromatic carbocycles. The van der Waals surface area contributed by atoms with Gasteiger partial charge in [0.25, 0.3) is 9.70 Å². The minimum atomic E-state index is -3.43. The fourth-order valence-corrected chi connectivity index (χ4v) is 1.19. The molecule has 0 aromatic heterocycles. The second kappa shape index (κ2) is 4.13. The van der Waals surface area contributed by atoms with E-state index in [1.807, 2.05) is 5.09 Å². The molecule has 4 N–H and O–H groups in total. The van der Waals surface area contributed by atoms with E-state index >= 15 is 0 Å². The van der Waals surface area contributed by atoms with Crippen LogP contribution in [0.2, 0.25) is 0 Å². The zero-order valence-electron chi connectivity index (χ0n) is 5.97. The van der Waals surface area contributed by atoms with Gasteiger partial charge in [0.05, 0.1) is 0 Å². The summed E-state index contributed by atoms with van der Waals surface area (Å²) >= 11 is 15.5. The minimum absolute atomic E-state index is 1.03. The van der Waals surface area contributed by atoms with Gasteiger partial charge < -0.3 is 0 Å². The van der Waals surface area contributed by atoms with Crippen molar-refractivity contribution in [1.82, 2.24) is 10.2 Å². The molecule has 0 fully saturated rings. The first kappa shape index (κ1) is 12.5. The summed E-state index contributed by atoms with van der Waals surface area (Å²) in [5, 5.41) is 4.00. The van der Waals surface area contributed by atoms with Crippen LogP contribution in [0.4, 0.5) is 0 Å². The Morgan fingerprint density at radius 2 is 1.92 bits per heavy atom. The number of amides is 1. The molecule has 0 aromatic rings. The SMILES string of the molecule is CNP(N)(=O)NC(=O)C(Cl)(Cl)Cl. The first-order valence-electron chi connectivity index (χ1n) is 2.66. The highest BCUT2D eigenvalue weighted by molar-refractivity contribution is 7.58. The van der Waals surface area contributed by atoms with Gasteiger partial charge in [-0.3, -0.25) is 20.0 Å². The molecule has 1 amide bonds. The van der Waals surface area contributed by atoms with Crippen molar-refractivity contribution in [3.63, 3.8) is 0 Å². The van der Waals surface area contributed by atoms with Gasteiger partial charge in [0.2, 0.25) is 0 Å². The minimum Gasteiger partial charge on any atom is -0.279 e. The quantitative estimate of drug-likeness (QED) is 0.502. The van der Waals surface area contributed by atoms with Crippen LogP contribution in [0.1, 0.15) is 0 Å². The number of carbonyl (C=O) groups is 1. The van der Waals surface area contributed by atoms with E-state index in [4.69, 9.17) is 40.3 Å². The highest BCUT2D eigenvalue weighted by Gasteiger charge is 2.34. The highest BCUT2D eigenvalue weighted by Crippen LogP contribution is 2.31. The maximum absolute atomic E-state index is 11.0. The lowest BCUT2D eigenvalue weighted by Gasteiger charge is -2.16. The maximum atomic E-state index is 11.0. The van der Waals surface area contributed by atoms with Crippen molar-refractivity contribution in [2.45, 2.75) is 3.79 Å². The number of halogens is 3. The number of hydrogen-bond donors (Lipinski definition) is 3. The zero-order chi connectivity index (χ0) is 9.99. The molecule has 0 saturated heterocycles. The number of rotatable bonds is 2. The van der Waals surface area contributed by atoms with Gasteiger partial charge in [-0.1, -0.05) is 34.8 Å². The van der Waals surface area contributed by atoms with E-state index in [0.29, 0.717) is 0 Å². The standard InChI is InChI=1S/C3H7Cl3N3O2P/c1-8-12(7,11)9-2(10)3(4,5)6/h1H3,(H4,7,8,9,10,11). The van der Waals surface area contributed by atoms with Crippen molar-refractivity contribution < 1.29 is 9.36 Å². The van der Waals surface area contributed by atoms with Gasteiger partial charge in [0, 0.05) is 0 Å². The number of hydrogen-bond acceptors (Lipinski definition) is 2. The van der Waals surface area contributed by atoms with Crippen molar-refractivity contribution in [1.29, 1.82) is 0 Å². The average Bonchev–Trinajstić information content (AvgIpc) is 1.85. The van der Waals surface area contributed by atoms with Crippen LogP contribution in [0.5, 0.6) is 0 Å². The predicted octanol–water partition coefficient (Wildman–Crippen LogP) is 0.759. The molecule has 0 aliphatic carbocycles. The Hall–Kier alpha value is 0.490. The maximum Gasteiger partial charge on any atom is 0.302 e. The lowest BCUT2D eigenvalue weighted by atomic mass is 10.7. The van der Waals surface area contributed by atoms with Gasteiger partial charge in [-0.15, -0.1) is 0 Å². The molecule has 1 atom stereocenters. The van der Waals surface area contributed by atoms with Crippen LogP contribution in [0, 0.1) is 0 Å². The van der Waals surface area contributed by atoms with Crippen molar-refractivity contribution in [3.05, 3.63) is 0 Å². The van der Waals surface area contributed by atoms with E-state index in [1.54, 1.807) is 0 Å². The van der Waals surface area contributed by atoms with Crippen LogP contribution in [-0.4, -0.2) is 16.7 Å². The van der Waals surface area contributed by atoms with E-state index < -0.39 is 17.3 Å². The summed E-state index contributed by atoms with van der Waals surface area (Å²) in [5.74, 6) is -1.03. The van der Waals surface area contributed by atoms with Crippen molar-refractivity contribution in [2.24, 2.45) is 5.50 Å². The molecule has 0 rings (SSSR count). The Bertz CT molecular complexity index is 227. The summed E-state index contributed by atoms with van der Waals surface area (Å²) in [5.41, 5.74) is 5.05. The summed E-state index contributed by atoms with van der Waals surface area (Å²) in [6, 6.07) is 0. The van der Waals surface area contributed by atoms with Gasteiger partial charge >= 0.3 is 7.59 Å². The van der Waals surface area contributed by atoms with Crippen LogP contribution in [-0.2, 0) is 9.36 Å². The first-order chi connectivity index (χ1) is 5.19. The van der Waals surface area contributed by atoms with Gasteiger partial charge in [-0.05, 0) is 7.05 Å². The molecule has 0 saturated carbocycles. The van der Waals surface area contributed by atoms with Gasteiger partial charge in [-0.2, -0.15) is 0 Å². The molecule has 0 bridgehead atoms. The summed E-state index contributed by atoms with van der Waals surface area (Å²) in [6.07, 6.45) is 0. The largest absolute Gasteiger partial charge is 0.302 e. The summed E-state index contributed by atoms with van der Waals surface area (Å²) in [4.78, 5) is 10.8. The third kappa shape index (κ3) is 4.50. The van der Waals surface area contributed by atoms with Gasteiger partial charge in [0.15, 0.2) is 0 Å². The normalized spacial score (nSPS) is 16.8. The van der Waals surface area contributed by atoms with Gasteiger partial charge in [0.1, 0.15) is 0 Å². The highest BCUT2D eigenvalue weighted by atomic mass is 35.6. The Kier molecular flexibility index (Phi) is 4.30. The molecule has 0 aliphatic heterocycles.